The van der Waals surface area contributed by atoms with Gasteiger partial charge < -0.3 is 15.8 Å². The van der Waals surface area contributed by atoms with Crippen LogP contribution < -0.4 is 11.1 Å². The van der Waals surface area contributed by atoms with E-state index in [0.29, 0.717) is 5.92 Å². The summed E-state index contributed by atoms with van der Waals surface area (Å²) in [4.78, 5) is 0. The maximum absolute atomic E-state index is 5.44. The zero-order valence-electron chi connectivity index (χ0n) is 9.01. The van der Waals surface area contributed by atoms with Gasteiger partial charge in [0.25, 0.3) is 0 Å². The van der Waals surface area contributed by atoms with Gasteiger partial charge in [-0.2, -0.15) is 0 Å². The summed E-state index contributed by atoms with van der Waals surface area (Å²) in [5.41, 5.74) is 5.36. The summed E-state index contributed by atoms with van der Waals surface area (Å²) >= 11 is 0. The molecule has 0 rings (SSSR count). The molecule has 0 amide bonds. The normalized spacial score (nSPS) is 11.1. The minimum absolute atomic E-state index is 0.644. The monoisotopic (exact) mass is 188 g/mol. The van der Waals surface area contributed by atoms with Crippen molar-refractivity contribution < 1.29 is 4.74 Å². The van der Waals surface area contributed by atoms with Crippen molar-refractivity contribution in [3.8, 4) is 0 Å². The summed E-state index contributed by atoms with van der Waals surface area (Å²) in [6, 6.07) is 0. The largest absolute Gasteiger partial charge is 0.381 e. The van der Waals surface area contributed by atoms with Crippen LogP contribution in [0.1, 0.15) is 26.7 Å². The zero-order valence-corrected chi connectivity index (χ0v) is 9.01. The quantitative estimate of drug-likeness (QED) is 0.530. The van der Waals surface area contributed by atoms with Crippen molar-refractivity contribution in [2.45, 2.75) is 26.7 Å². The molecule has 80 valence electrons. The topological polar surface area (TPSA) is 47.3 Å². The van der Waals surface area contributed by atoms with Crippen LogP contribution in [0, 0.1) is 5.92 Å². The van der Waals surface area contributed by atoms with Gasteiger partial charge in [-0.05, 0) is 38.4 Å². The minimum atomic E-state index is 0.644. The van der Waals surface area contributed by atoms with E-state index < -0.39 is 0 Å². The maximum Gasteiger partial charge on any atom is 0.0489 e. The van der Waals surface area contributed by atoms with Crippen LogP contribution in [0.25, 0.3) is 0 Å². The Morgan fingerprint density at radius 1 is 1.23 bits per heavy atom. The molecular weight excluding hydrogens is 164 g/mol. The van der Waals surface area contributed by atoms with Gasteiger partial charge >= 0.3 is 0 Å². The lowest BCUT2D eigenvalue weighted by Gasteiger charge is -2.07. The van der Waals surface area contributed by atoms with E-state index in [0.717, 1.165) is 45.7 Å². The van der Waals surface area contributed by atoms with Crippen LogP contribution in [0.5, 0.6) is 0 Å². The van der Waals surface area contributed by atoms with E-state index in [9.17, 15) is 0 Å². The van der Waals surface area contributed by atoms with Crippen molar-refractivity contribution in [2.24, 2.45) is 11.7 Å². The fourth-order valence-corrected chi connectivity index (χ4v) is 0.970. The lowest BCUT2D eigenvalue weighted by Crippen LogP contribution is -2.20. The predicted octanol–water partition coefficient (Wildman–Crippen LogP) is 0.987. The molecule has 0 aromatic rings. The van der Waals surface area contributed by atoms with Gasteiger partial charge in [-0.15, -0.1) is 0 Å². The first kappa shape index (κ1) is 12.9. The Hall–Kier alpha value is -0.120. The highest BCUT2D eigenvalue weighted by atomic mass is 16.5. The molecule has 3 N–H and O–H groups in total. The van der Waals surface area contributed by atoms with Crippen LogP contribution in [0.15, 0.2) is 0 Å². The first-order chi connectivity index (χ1) is 6.27. The molecule has 0 aliphatic rings. The number of hydrogen-bond acceptors (Lipinski definition) is 3. The van der Waals surface area contributed by atoms with Crippen LogP contribution in [0.4, 0.5) is 0 Å². The van der Waals surface area contributed by atoms with Crippen molar-refractivity contribution in [2.75, 3.05) is 32.8 Å². The van der Waals surface area contributed by atoms with Crippen molar-refractivity contribution >= 4 is 0 Å². The lowest BCUT2D eigenvalue weighted by molar-refractivity contribution is 0.108. The summed E-state index contributed by atoms with van der Waals surface area (Å²) < 4.78 is 5.44. The van der Waals surface area contributed by atoms with Crippen LogP contribution in [-0.4, -0.2) is 32.8 Å². The molecule has 0 spiro atoms. The second-order valence-corrected chi connectivity index (χ2v) is 3.71. The molecule has 0 aromatic heterocycles. The predicted molar refractivity (Wildman–Crippen MR) is 56.8 cm³/mol. The first-order valence-electron chi connectivity index (χ1n) is 5.26. The van der Waals surface area contributed by atoms with Gasteiger partial charge in [0.2, 0.25) is 0 Å². The third-order valence-electron chi connectivity index (χ3n) is 1.65. The molecule has 0 radical (unpaired) electrons. The highest BCUT2D eigenvalue weighted by molar-refractivity contribution is 4.48. The molecule has 3 heteroatoms. The molecule has 13 heavy (non-hydrogen) atoms. The first-order valence-corrected chi connectivity index (χ1v) is 5.26. The zero-order chi connectivity index (χ0) is 9.94. The molecular formula is C10H24N2O. The number of nitrogens with two attached hydrogens (primary N) is 1. The van der Waals surface area contributed by atoms with E-state index in [1.807, 2.05) is 0 Å². The standard InChI is InChI=1S/C10H24N2O/c1-10(2)9-13-8-4-7-12-6-3-5-11/h10,12H,3-9,11H2,1-2H3. The van der Waals surface area contributed by atoms with Gasteiger partial charge in [0.1, 0.15) is 0 Å². The maximum atomic E-state index is 5.44. The molecule has 0 aliphatic carbocycles. The summed E-state index contributed by atoms with van der Waals surface area (Å²) in [6.45, 7) is 8.92. The van der Waals surface area contributed by atoms with E-state index in [1.54, 1.807) is 0 Å². The van der Waals surface area contributed by atoms with E-state index >= 15 is 0 Å². The van der Waals surface area contributed by atoms with E-state index in [-0.39, 0.29) is 0 Å². The smallest absolute Gasteiger partial charge is 0.0489 e. The number of ether oxygens (including phenoxy) is 1. The molecule has 0 saturated heterocycles. The van der Waals surface area contributed by atoms with Crippen molar-refractivity contribution in [3.63, 3.8) is 0 Å². The minimum Gasteiger partial charge on any atom is -0.381 e. The summed E-state index contributed by atoms with van der Waals surface area (Å²) in [7, 11) is 0. The number of rotatable bonds is 9. The van der Waals surface area contributed by atoms with Gasteiger partial charge in [0, 0.05) is 13.2 Å². The second kappa shape index (κ2) is 9.96. The summed E-state index contributed by atoms with van der Waals surface area (Å²) in [6.07, 6.45) is 2.16. The van der Waals surface area contributed by atoms with Gasteiger partial charge in [-0.25, -0.2) is 0 Å². The lowest BCUT2D eigenvalue weighted by atomic mass is 10.2. The molecule has 0 aromatic carbocycles. The van der Waals surface area contributed by atoms with Crippen molar-refractivity contribution in [3.05, 3.63) is 0 Å². The van der Waals surface area contributed by atoms with Crippen LogP contribution in [0.2, 0.25) is 0 Å². The van der Waals surface area contributed by atoms with Crippen molar-refractivity contribution in [1.29, 1.82) is 0 Å². The number of hydrogen-bond donors (Lipinski definition) is 2. The van der Waals surface area contributed by atoms with Gasteiger partial charge in [0.05, 0.1) is 0 Å². The average Bonchev–Trinajstić information content (AvgIpc) is 2.09. The van der Waals surface area contributed by atoms with Gasteiger partial charge in [0.15, 0.2) is 0 Å². The molecule has 0 heterocycles. The Morgan fingerprint density at radius 2 is 1.92 bits per heavy atom. The average molecular weight is 188 g/mol. The highest BCUT2D eigenvalue weighted by Gasteiger charge is 1.93. The van der Waals surface area contributed by atoms with Crippen LogP contribution in [0.3, 0.4) is 0 Å². The fraction of sp³-hybridized carbons (Fsp3) is 1.00. The highest BCUT2D eigenvalue weighted by Crippen LogP contribution is 1.92. The molecule has 3 nitrogen and oxygen atoms in total. The Morgan fingerprint density at radius 3 is 2.54 bits per heavy atom. The second-order valence-electron chi connectivity index (χ2n) is 3.71. The SMILES string of the molecule is CC(C)COCCCNCCCN. The third kappa shape index (κ3) is 11.9. The van der Waals surface area contributed by atoms with E-state index in [4.69, 9.17) is 10.5 Å². The van der Waals surface area contributed by atoms with Crippen LogP contribution in [-0.2, 0) is 4.74 Å². The van der Waals surface area contributed by atoms with E-state index in [1.165, 1.54) is 0 Å². The Balaban J connectivity index is 2.84. The molecule has 0 aliphatic heterocycles. The third-order valence-corrected chi connectivity index (χ3v) is 1.65. The van der Waals surface area contributed by atoms with E-state index in [2.05, 4.69) is 19.2 Å². The van der Waals surface area contributed by atoms with Gasteiger partial charge in [-0.3, -0.25) is 0 Å². The van der Waals surface area contributed by atoms with Crippen LogP contribution >= 0.6 is 0 Å². The Kier molecular flexibility index (Phi) is 9.87. The Bertz CT molecular complexity index is 96.9. The van der Waals surface area contributed by atoms with Gasteiger partial charge in [-0.1, -0.05) is 13.8 Å². The molecule has 0 bridgehead atoms. The Labute approximate surface area is 82.0 Å². The summed E-state index contributed by atoms with van der Waals surface area (Å²) in [5, 5.41) is 3.31. The molecule has 0 fully saturated rings. The molecule has 0 saturated carbocycles. The summed E-state index contributed by atoms with van der Waals surface area (Å²) in [5.74, 6) is 0.644. The molecule has 0 atom stereocenters. The fourth-order valence-electron chi connectivity index (χ4n) is 0.970. The number of nitrogens with one attached hydrogen (secondary N) is 1. The molecule has 0 unspecified atom stereocenters. The van der Waals surface area contributed by atoms with Crippen molar-refractivity contribution in [1.82, 2.24) is 5.32 Å².